The Morgan fingerprint density at radius 2 is 1.96 bits per heavy atom. The zero-order valence-corrected chi connectivity index (χ0v) is 15.9. The lowest BCUT2D eigenvalue weighted by atomic mass is 10.3. The van der Waals surface area contributed by atoms with E-state index in [1.54, 1.807) is 35.4 Å². The summed E-state index contributed by atoms with van der Waals surface area (Å²) in [4.78, 5) is 13.8. The van der Waals surface area contributed by atoms with Crippen LogP contribution < -0.4 is 9.46 Å². The maximum atomic E-state index is 12.2. The van der Waals surface area contributed by atoms with Crippen LogP contribution in [-0.2, 0) is 21.4 Å². The smallest absolute Gasteiger partial charge is 0.240 e. The van der Waals surface area contributed by atoms with Crippen LogP contribution >= 0.6 is 11.3 Å². The molecule has 0 fully saturated rings. The first-order chi connectivity index (χ1) is 11.9. The molecular weight excluding hydrogens is 360 g/mol. The van der Waals surface area contributed by atoms with Gasteiger partial charge in [0, 0.05) is 26.6 Å². The number of nitrogens with zero attached hydrogens (tertiary/aromatic N) is 1. The lowest BCUT2D eigenvalue weighted by molar-refractivity contribution is -0.130. The molecule has 0 aliphatic heterocycles. The average molecular weight is 383 g/mol. The third-order valence-electron chi connectivity index (χ3n) is 3.50. The minimum absolute atomic E-state index is 0.0579. The molecule has 0 spiro atoms. The van der Waals surface area contributed by atoms with E-state index in [4.69, 9.17) is 4.74 Å². The fourth-order valence-corrected chi connectivity index (χ4v) is 3.88. The van der Waals surface area contributed by atoms with Gasteiger partial charge < -0.3 is 9.64 Å². The van der Waals surface area contributed by atoms with E-state index in [9.17, 15) is 13.2 Å². The number of sulfonamides is 1. The van der Waals surface area contributed by atoms with Gasteiger partial charge in [0.05, 0.1) is 11.5 Å². The number of rotatable bonds is 9. The highest BCUT2D eigenvalue weighted by Crippen LogP contribution is 2.16. The van der Waals surface area contributed by atoms with Crippen molar-refractivity contribution in [1.29, 1.82) is 0 Å². The maximum absolute atomic E-state index is 12.2. The second-order valence-electron chi connectivity index (χ2n) is 5.43. The molecule has 1 amide bonds. The minimum Gasteiger partial charge on any atom is -0.494 e. The molecule has 25 heavy (non-hydrogen) atoms. The molecule has 136 valence electrons. The van der Waals surface area contributed by atoms with Crippen LogP contribution in [0.4, 0.5) is 0 Å². The molecule has 1 heterocycles. The molecule has 1 N–H and O–H groups in total. The highest BCUT2D eigenvalue weighted by molar-refractivity contribution is 7.89. The number of hydrogen-bond donors (Lipinski definition) is 1. The van der Waals surface area contributed by atoms with Gasteiger partial charge in [0.2, 0.25) is 15.9 Å². The summed E-state index contributed by atoms with van der Waals surface area (Å²) in [6.07, 6.45) is 0.108. The zero-order chi connectivity index (χ0) is 18.3. The number of benzene rings is 1. The molecule has 8 heteroatoms. The van der Waals surface area contributed by atoms with E-state index < -0.39 is 10.0 Å². The van der Waals surface area contributed by atoms with Gasteiger partial charge in [-0.2, -0.15) is 11.3 Å². The number of carbonyl (C=O) groups is 1. The first-order valence-corrected chi connectivity index (χ1v) is 10.3. The fourth-order valence-electron chi connectivity index (χ4n) is 2.19. The molecule has 0 aliphatic carbocycles. The predicted octanol–water partition coefficient (Wildman–Crippen LogP) is 2.47. The van der Waals surface area contributed by atoms with Crippen LogP contribution in [0.5, 0.6) is 5.75 Å². The fraction of sp³-hybridized carbons (Fsp3) is 0.353. The van der Waals surface area contributed by atoms with Crippen molar-refractivity contribution in [2.75, 3.05) is 20.2 Å². The van der Waals surface area contributed by atoms with E-state index in [-0.39, 0.29) is 23.8 Å². The van der Waals surface area contributed by atoms with E-state index in [0.717, 1.165) is 5.56 Å². The van der Waals surface area contributed by atoms with Gasteiger partial charge in [0.1, 0.15) is 5.75 Å². The van der Waals surface area contributed by atoms with Crippen LogP contribution in [0, 0.1) is 0 Å². The first-order valence-electron chi connectivity index (χ1n) is 7.90. The molecule has 6 nitrogen and oxygen atoms in total. The van der Waals surface area contributed by atoms with Gasteiger partial charge in [0.25, 0.3) is 0 Å². The summed E-state index contributed by atoms with van der Waals surface area (Å²) in [6.45, 7) is 2.96. The topological polar surface area (TPSA) is 75.7 Å². The van der Waals surface area contributed by atoms with E-state index in [2.05, 4.69) is 4.72 Å². The Morgan fingerprint density at radius 3 is 2.56 bits per heavy atom. The summed E-state index contributed by atoms with van der Waals surface area (Å²) in [5.41, 5.74) is 1.07. The molecule has 0 saturated heterocycles. The van der Waals surface area contributed by atoms with E-state index >= 15 is 0 Å². The van der Waals surface area contributed by atoms with Crippen molar-refractivity contribution in [3.63, 3.8) is 0 Å². The van der Waals surface area contributed by atoms with Gasteiger partial charge in [-0.05, 0) is 53.6 Å². The Morgan fingerprint density at radius 1 is 1.24 bits per heavy atom. The Labute approximate surface area is 152 Å². The van der Waals surface area contributed by atoms with Crippen molar-refractivity contribution in [1.82, 2.24) is 9.62 Å². The quantitative estimate of drug-likeness (QED) is 0.723. The predicted molar refractivity (Wildman–Crippen MR) is 98.2 cm³/mol. The molecule has 0 aliphatic rings. The van der Waals surface area contributed by atoms with E-state index in [1.807, 2.05) is 23.8 Å². The van der Waals surface area contributed by atoms with Crippen molar-refractivity contribution < 1.29 is 17.9 Å². The van der Waals surface area contributed by atoms with Crippen LogP contribution in [0.1, 0.15) is 18.9 Å². The molecule has 0 radical (unpaired) electrons. The molecule has 2 aromatic rings. The molecule has 0 unspecified atom stereocenters. The number of amides is 1. The lowest BCUT2D eigenvalue weighted by Crippen LogP contribution is -2.31. The van der Waals surface area contributed by atoms with E-state index in [0.29, 0.717) is 18.9 Å². The summed E-state index contributed by atoms with van der Waals surface area (Å²) in [5, 5.41) is 3.94. The molecule has 1 aromatic carbocycles. The number of thiophene rings is 1. The second kappa shape index (κ2) is 8.98. The zero-order valence-electron chi connectivity index (χ0n) is 14.3. The SMILES string of the molecule is CCOc1ccc(S(=O)(=O)NCCC(=O)N(C)Cc2ccsc2)cc1. The summed E-state index contributed by atoms with van der Waals surface area (Å²) in [5.74, 6) is 0.507. The Balaban J connectivity index is 1.83. The molecule has 2 rings (SSSR count). The van der Waals surface area contributed by atoms with Gasteiger partial charge in [-0.3, -0.25) is 4.79 Å². The molecule has 1 aromatic heterocycles. The average Bonchev–Trinajstić information content (AvgIpc) is 3.08. The maximum Gasteiger partial charge on any atom is 0.240 e. The molecule has 0 atom stereocenters. The van der Waals surface area contributed by atoms with Crippen molar-refractivity contribution in [3.8, 4) is 5.75 Å². The number of hydrogen-bond acceptors (Lipinski definition) is 5. The third-order valence-corrected chi connectivity index (χ3v) is 5.71. The van der Waals surface area contributed by atoms with E-state index in [1.165, 1.54) is 12.1 Å². The highest BCUT2D eigenvalue weighted by Gasteiger charge is 2.15. The lowest BCUT2D eigenvalue weighted by Gasteiger charge is -2.16. The van der Waals surface area contributed by atoms with Crippen LogP contribution in [-0.4, -0.2) is 39.4 Å². The largest absolute Gasteiger partial charge is 0.494 e. The first kappa shape index (κ1) is 19.4. The monoisotopic (exact) mass is 382 g/mol. The van der Waals surface area contributed by atoms with Crippen molar-refractivity contribution in [2.24, 2.45) is 0 Å². The minimum atomic E-state index is -3.64. The van der Waals surface area contributed by atoms with Gasteiger partial charge in [0.15, 0.2) is 0 Å². The normalized spacial score (nSPS) is 11.3. The highest BCUT2D eigenvalue weighted by atomic mass is 32.2. The summed E-state index contributed by atoms with van der Waals surface area (Å²) >= 11 is 1.58. The van der Waals surface area contributed by atoms with Crippen molar-refractivity contribution in [2.45, 2.75) is 24.8 Å². The standard InChI is InChI=1S/C17H22N2O4S2/c1-3-23-15-4-6-16(7-5-15)25(21,22)18-10-8-17(20)19(2)12-14-9-11-24-13-14/h4-7,9,11,13,18H,3,8,10,12H2,1-2H3. The van der Waals surface area contributed by atoms with Crippen molar-refractivity contribution >= 4 is 27.3 Å². The summed E-state index contributed by atoms with van der Waals surface area (Å²) in [7, 11) is -1.93. The number of ether oxygens (including phenoxy) is 1. The van der Waals surface area contributed by atoms with Crippen LogP contribution in [0.25, 0.3) is 0 Å². The van der Waals surface area contributed by atoms with Gasteiger partial charge in [-0.1, -0.05) is 0 Å². The second-order valence-corrected chi connectivity index (χ2v) is 7.98. The van der Waals surface area contributed by atoms with Gasteiger partial charge in [-0.25, -0.2) is 13.1 Å². The molecular formula is C17H22N2O4S2. The van der Waals surface area contributed by atoms with Crippen molar-refractivity contribution in [3.05, 3.63) is 46.7 Å². The number of carbonyl (C=O) groups excluding carboxylic acids is 1. The number of nitrogens with one attached hydrogen (secondary N) is 1. The van der Waals surface area contributed by atoms with Crippen LogP contribution in [0.15, 0.2) is 46.0 Å². The Hall–Kier alpha value is -1.90. The van der Waals surface area contributed by atoms with Crippen LogP contribution in [0.3, 0.4) is 0 Å². The molecule has 0 bridgehead atoms. The van der Waals surface area contributed by atoms with Crippen LogP contribution in [0.2, 0.25) is 0 Å². The summed E-state index contributed by atoms with van der Waals surface area (Å²) in [6, 6.07) is 8.15. The van der Waals surface area contributed by atoms with Gasteiger partial charge in [-0.15, -0.1) is 0 Å². The van der Waals surface area contributed by atoms with Gasteiger partial charge >= 0.3 is 0 Å². The molecule has 0 saturated carbocycles. The Kier molecular flexibility index (Phi) is 6.98. The summed E-state index contributed by atoms with van der Waals surface area (Å²) < 4.78 is 32.2. The third kappa shape index (κ3) is 5.84. The Bertz CT molecular complexity index is 771.